The van der Waals surface area contributed by atoms with Gasteiger partial charge in [-0.2, -0.15) is 4.98 Å². The van der Waals surface area contributed by atoms with E-state index in [0.717, 1.165) is 11.1 Å². The average molecular weight is 390 g/mol. The number of thioether (sulfide) groups is 1. The highest BCUT2D eigenvalue weighted by Crippen LogP contribution is 2.23. The number of hydrogen-bond donors (Lipinski definition) is 0. The topological polar surface area (TPSA) is 73.8 Å². The number of fused-ring (bicyclic) bond motifs is 1. The van der Waals surface area contributed by atoms with Crippen molar-refractivity contribution in [3.8, 4) is 11.4 Å². The highest BCUT2D eigenvalue weighted by Gasteiger charge is 2.14. The molecule has 0 aliphatic rings. The van der Waals surface area contributed by atoms with Gasteiger partial charge in [0.1, 0.15) is 0 Å². The molecule has 4 aromatic rings. The van der Waals surface area contributed by atoms with Crippen LogP contribution in [-0.2, 0) is 12.3 Å². The van der Waals surface area contributed by atoms with Crippen LogP contribution in [-0.4, -0.2) is 19.7 Å². The number of allylic oxidation sites excluding steroid dienone is 1. The molecule has 0 aliphatic heterocycles. The summed E-state index contributed by atoms with van der Waals surface area (Å²) in [6.07, 6.45) is 1.68. The Morgan fingerprint density at radius 1 is 1.18 bits per heavy atom. The SMILES string of the molecule is C=CCn1c(SCc2nc(-c3cccc(C)c3)no2)nc2ccccc2c1=O. The molecule has 7 heteroatoms. The molecule has 0 saturated carbocycles. The van der Waals surface area contributed by atoms with Gasteiger partial charge in [-0.05, 0) is 25.1 Å². The first-order chi connectivity index (χ1) is 13.7. The molecule has 2 aromatic carbocycles. The smallest absolute Gasteiger partial charge is 0.262 e. The van der Waals surface area contributed by atoms with Crippen LogP contribution in [0.15, 0.2) is 75.7 Å². The molecule has 0 aliphatic carbocycles. The third-order valence-corrected chi connectivity index (χ3v) is 5.17. The molecule has 0 atom stereocenters. The van der Waals surface area contributed by atoms with Crippen molar-refractivity contribution in [3.63, 3.8) is 0 Å². The summed E-state index contributed by atoms with van der Waals surface area (Å²) in [7, 11) is 0. The van der Waals surface area contributed by atoms with Crippen LogP contribution in [0.3, 0.4) is 0 Å². The lowest BCUT2D eigenvalue weighted by atomic mass is 10.1. The van der Waals surface area contributed by atoms with Crippen molar-refractivity contribution in [3.05, 3.63) is 83.0 Å². The Kier molecular flexibility index (Phi) is 5.08. The molecule has 2 aromatic heterocycles. The minimum absolute atomic E-state index is 0.0843. The van der Waals surface area contributed by atoms with E-state index in [4.69, 9.17) is 4.52 Å². The standard InChI is InChI=1S/C21H18N4O2S/c1-3-11-25-20(26)16-9-4-5-10-17(16)22-21(25)28-13-18-23-19(24-27-18)15-8-6-7-14(2)12-15/h3-10,12H,1,11,13H2,2H3. The zero-order valence-corrected chi connectivity index (χ0v) is 16.1. The third kappa shape index (κ3) is 3.61. The van der Waals surface area contributed by atoms with Crippen LogP contribution in [0.25, 0.3) is 22.3 Å². The van der Waals surface area contributed by atoms with Crippen LogP contribution >= 0.6 is 11.8 Å². The first-order valence-corrected chi connectivity index (χ1v) is 9.77. The van der Waals surface area contributed by atoms with Gasteiger partial charge in [0.25, 0.3) is 5.56 Å². The number of rotatable bonds is 6. The maximum atomic E-state index is 12.8. The van der Waals surface area contributed by atoms with Crippen LogP contribution in [0.4, 0.5) is 0 Å². The van der Waals surface area contributed by atoms with E-state index in [2.05, 4.69) is 21.7 Å². The van der Waals surface area contributed by atoms with Gasteiger partial charge in [-0.1, -0.05) is 58.9 Å². The Morgan fingerprint density at radius 3 is 2.86 bits per heavy atom. The summed E-state index contributed by atoms with van der Waals surface area (Å²) in [6.45, 7) is 6.15. The minimum atomic E-state index is -0.0843. The Labute approximate surface area is 165 Å². The molecule has 0 bridgehead atoms. The molecule has 140 valence electrons. The van der Waals surface area contributed by atoms with Gasteiger partial charge in [0.05, 0.1) is 16.7 Å². The Hall–Kier alpha value is -3.19. The summed E-state index contributed by atoms with van der Waals surface area (Å²) in [5.74, 6) is 1.45. The fourth-order valence-electron chi connectivity index (χ4n) is 2.89. The van der Waals surface area contributed by atoms with Crippen molar-refractivity contribution < 1.29 is 4.52 Å². The maximum Gasteiger partial charge on any atom is 0.262 e. The molecular formula is C21H18N4O2S. The van der Waals surface area contributed by atoms with Crippen molar-refractivity contribution in [1.29, 1.82) is 0 Å². The van der Waals surface area contributed by atoms with Crippen LogP contribution in [0.5, 0.6) is 0 Å². The molecule has 0 fully saturated rings. The normalized spacial score (nSPS) is 11.0. The van der Waals surface area contributed by atoms with E-state index in [1.54, 1.807) is 16.7 Å². The molecule has 28 heavy (non-hydrogen) atoms. The highest BCUT2D eigenvalue weighted by molar-refractivity contribution is 7.98. The van der Waals surface area contributed by atoms with Gasteiger partial charge in [0, 0.05) is 12.1 Å². The van der Waals surface area contributed by atoms with E-state index in [1.807, 2.05) is 49.4 Å². The van der Waals surface area contributed by atoms with Gasteiger partial charge in [0.2, 0.25) is 11.7 Å². The second-order valence-corrected chi connectivity index (χ2v) is 7.23. The fraction of sp³-hybridized carbons (Fsp3) is 0.143. The van der Waals surface area contributed by atoms with Crippen LogP contribution in [0, 0.1) is 6.92 Å². The summed E-state index contributed by atoms with van der Waals surface area (Å²) in [4.78, 5) is 21.9. The fourth-order valence-corrected chi connectivity index (χ4v) is 3.74. The van der Waals surface area contributed by atoms with Crippen LogP contribution in [0.1, 0.15) is 11.5 Å². The summed E-state index contributed by atoms with van der Waals surface area (Å²) in [5.41, 5.74) is 2.62. The van der Waals surface area contributed by atoms with Crippen LogP contribution < -0.4 is 5.56 Å². The Morgan fingerprint density at radius 2 is 2.04 bits per heavy atom. The van der Waals surface area contributed by atoms with Gasteiger partial charge < -0.3 is 4.52 Å². The first-order valence-electron chi connectivity index (χ1n) is 8.78. The van der Waals surface area contributed by atoms with Crippen LogP contribution in [0.2, 0.25) is 0 Å². The van der Waals surface area contributed by atoms with Gasteiger partial charge in [-0.15, -0.1) is 6.58 Å². The summed E-state index contributed by atoms with van der Waals surface area (Å²) < 4.78 is 6.99. The quantitative estimate of drug-likeness (QED) is 0.279. The molecule has 2 heterocycles. The van der Waals surface area contributed by atoms with Crippen molar-refractivity contribution >= 4 is 22.7 Å². The molecule has 0 saturated heterocycles. The van der Waals surface area contributed by atoms with Gasteiger partial charge in [0.15, 0.2) is 5.16 Å². The van der Waals surface area contributed by atoms with Gasteiger partial charge in [-0.25, -0.2) is 4.98 Å². The molecule has 6 nitrogen and oxygen atoms in total. The molecule has 0 amide bonds. The lowest BCUT2D eigenvalue weighted by molar-refractivity contribution is 0.391. The predicted octanol–water partition coefficient (Wildman–Crippen LogP) is 4.23. The number of aryl methyl sites for hydroxylation is 1. The number of nitrogens with zero attached hydrogens (tertiary/aromatic N) is 4. The van der Waals surface area contributed by atoms with Crippen molar-refractivity contribution in [2.75, 3.05) is 0 Å². The van der Waals surface area contributed by atoms with Crippen molar-refractivity contribution in [2.45, 2.75) is 24.4 Å². The van der Waals surface area contributed by atoms with E-state index >= 15 is 0 Å². The van der Waals surface area contributed by atoms with E-state index in [9.17, 15) is 4.79 Å². The van der Waals surface area contributed by atoms with Gasteiger partial charge in [-0.3, -0.25) is 9.36 Å². The molecule has 0 spiro atoms. The lowest BCUT2D eigenvalue weighted by Crippen LogP contribution is -2.22. The Bertz CT molecular complexity index is 1210. The summed E-state index contributed by atoms with van der Waals surface area (Å²) in [5, 5.41) is 5.25. The molecule has 0 N–H and O–H groups in total. The zero-order chi connectivity index (χ0) is 19.5. The lowest BCUT2D eigenvalue weighted by Gasteiger charge is -2.10. The number of hydrogen-bond acceptors (Lipinski definition) is 6. The molecule has 4 rings (SSSR count). The van der Waals surface area contributed by atoms with Crippen molar-refractivity contribution in [1.82, 2.24) is 19.7 Å². The minimum Gasteiger partial charge on any atom is -0.338 e. The number of para-hydroxylation sites is 1. The van der Waals surface area contributed by atoms with E-state index in [-0.39, 0.29) is 5.56 Å². The zero-order valence-electron chi connectivity index (χ0n) is 15.3. The van der Waals surface area contributed by atoms with Gasteiger partial charge >= 0.3 is 0 Å². The number of benzene rings is 2. The highest BCUT2D eigenvalue weighted by atomic mass is 32.2. The van der Waals surface area contributed by atoms with Crippen molar-refractivity contribution in [2.24, 2.45) is 0 Å². The average Bonchev–Trinajstić information content (AvgIpc) is 3.18. The Balaban J connectivity index is 1.61. The second-order valence-electron chi connectivity index (χ2n) is 6.29. The molecular weight excluding hydrogens is 372 g/mol. The molecule has 0 unspecified atom stereocenters. The van der Waals surface area contributed by atoms with E-state index in [0.29, 0.717) is 40.1 Å². The monoisotopic (exact) mass is 390 g/mol. The molecule has 0 radical (unpaired) electrons. The third-order valence-electron chi connectivity index (χ3n) is 4.21. The van der Waals surface area contributed by atoms with E-state index in [1.165, 1.54) is 11.8 Å². The first kappa shape index (κ1) is 18.2. The number of aromatic nitrogens is 4. The largest absolute Gasteiger partial charge is 0.338 e. The summed E-state index contributed by atoms with van der Waals surface area (Å²) >= 11 is 1.39. The predicted molar refractivity (Wildman–Crippen MR) is 110 cm³/mol. The second kappa shape index (κ2) is 7.82. The maximum absolute atomic E-state index is 12.8. The summed E-state index contributed by atoms with van der Waals surface area (Å²) in [6, 6.07) is 15.3. The van der Waals surface area contributed by atoms with E-state index < -0.39 is 0 Å².